The Morgan fingerprint density at radius 3 is 2.00 bits per heavy atom. The van der Waals surface area contributed by atoms with Gasteiger partial charge in [-0.2, -0.15) is 0 Å². The highest BCUT2D eigenvalue weighted by Crippen LogP contribution is 2.27. The van der Waals surface area contributed by atoms with Crippen molar-refractivity contribution in [3.63, 3.8) is 0 Å². The fourth-order valence-corrected chi connectivity index (χ4v) is 2.11. The molecule has 4 heteroatoms. The standard InChI is InChI=1S/C17H15F3O/c1-17(2,11-6-8-12(18)9-7-11)16(21)10-13-14(19)4-3-5-15(13)20/h3-9H,10H2,1-2H3. The molecule has 0 aromatic heterocycles. The van der Waals surface area contributed by atoms with Gasteiger partial charge in [0.15, 0.2) is 0 Å². The van der Waals surface area contributed by atoms with Gasteiger partial charge in [-0.05, 0) is 43.7 Å². The van der Waals surface area contributed by atoms with E-state index in [0.717, 1.165) is 12.1 Å². The monoisotopic (exact) mass is 292 g/mol. The Labute approximate surface area is 121 Å². The predicted octanol–water partition coefficient (Wildman–Crippen LogP) is 4.19. The molecule has 0 aliphatic rings. The molecule has 0 saturated carbocycles. The van der Waals surface area contributed by atoms with E-state index in [1.165, 1.54) is 30.3 Å². The number of carbonyl (C=O) groups excluding carboxylic acids is 1. The molecule has 0 radical (unpaired) electrons. The van der Waals surface area contributed by atoms with Crippen molar-refractivity contribution in [2.45, 2.75) is 25.7 Å². The van der Waals surface area contributed by atoms with Gasteiger partial charge in [0.25, 0.3) is 0 Å². The lowest BCUT2D eigenvalue weighted by molar-refractivity contribution is -0.122. The summed E-state index contributed by atoms with van der Waals surface area (Å²) in [6.45, 7) is 3.31. The van der Waals surface area contributed by atoms with Crippen LogP contribution in [0.2, 0.25) is 0 Å². The second-order valence-electron chi connectivity index (χ2n) is 5.43. The van der Waals surface area contributed by atoms with Gasteiger partial charge < -0.3 is 0 Å². The summed E-state index contributed by atoms with van der Waals surface area (Å²) >= 11 is 0. The van der Waals surface area contributed by atoms with Gasteiger partial charge in [-0.3, -0.25) is 4.79 Å². The topological polar surface area (TPSA) is 17.1 Å². The summed E-state index contributed by atoms with van der Waals surface area (Å²) in [5, 5.41) is 0. The maximum Gasteiger partial charge on any atom is 0.147 e. The number of Topliss-reactive ketones (excluding diaryl/α,β-unsaturated/α-hetero) is 1. The SMILES string of the molecule is CC(C)(C(=O)Cc1c(F)cccc1F)c1ccc(F)cc1. The molecule has 0 amide bonds. The molecular formula is C17H15F3O. The maximum absolute atomic E-state index is 13.6. The van der Waals surface area contributed by atoms with Crippen molar-refractivity contribution in [2.24, 2.45) is 0 Å². The number of hydrogen-bond donors (Lipinski definition) is 0. The van der Waals surface area contributed by atoms with E-state index < -0.39 is 22.9 Å². The van der Waals surface area contributed by atoms with Gasteiger partial charge in [-0.1, -0.05) is 18.2 Å². The Bertz CT molecular complexity index is 640. The van der Waals surface area contributed by atoms with E-state index in [1.807, 2.05) is 0 Å². The van der Waals surface area contributed by atoms with E-state index >= 15 is 0 Å². The van der Waals surface area contributed by atoms with Crippen molar-refractivity contribution in [3.8, 4) is 0 Å². The van der Waals surface area contributed by atoms with Crippen LogP contribution >= 0.6 is 0 Å². The van der Waals surface area contributed by atoms with Crippen LogP contribution in [0.3, 0.4) is 0 Å². The molecule has 0 N–H and O–H groups in total. The summed E-state index contributed by atoms with van der Waals surface area (Å²) in [7, 11) is 0. The number of carbonyl (C=O) groups is 1. The number of halogens is 3. The quantitative estimate of drug-likeness (QED) is 0.825. The molecule has 2 aromatic carbocycles. The van der Waals surface area contributed by atoms with E-state index in [0.29, 0.717) is 5.56 Å². The molecule has 0 unspecified atom stereocenters. The first kappa shape index (κ1) is 15.3. The Balaban J connectivity index is 2.28. The van der Waals surface area contributed by atoms with E-state index in [9.17, 15) is 18.0 Å². The summed E-state index contributed by atoms with van der Waals surface area (Å²) in [6, 6.07) is 9.02. The molecule has 0 bridgehead atoms. The van der Waals surface area contributed by atoms with Gasteiger partial charge in [0, 0.05) is 17.4 Å². The van der Waals surface area contributed by atoms with E-state index in [-0.39, 0.29) is 17.8 Å². The molecule has 1 nitrogen and oxygen atoms in total. The fourth-order valence-electron chi connectivity index (χ4n) is 2.11. The summed E-state index contributed by atoms with van der Waals surface area (Å²) in [5.41, 5.74) is -0.592. The molecule has 0 saturated heterocycles. The molecule has 0 spiro atoms. The lowest BCUT2D eigenvalue weighted by Crippen LogP contribution is -2.31. The Morgan fingerprint density at radius 2 is 1.48 bits per heavy atom. The summed E-state index contributed by atoms with van der Waals surface area (Å²) < 4.78 is 40.2. The number of benzene rings is 2. The van der Waals surface area contributed by atoms with Crippen molar-refractivity contribution in [3.05, 3.63) is 71.0 Å². The van der Waals surface area contributed by atoms with Crippen molar-refractivity contribution in [2.75, 3.05) is 0 Å². The van der Waals surface area contributed by atoms with Crippen molar-refractivity contribution < 1.29 is 18.0 Å². The van der Waals surface area contributed by atoms with Crippen LogP contribution in [-0.2, 0) is 16.6 Å². The van der Waals surface area contributed by atoms with Crippen molar-refractivity contribution >= 4 is 5.78 Å². The molecule has 0 fully saturated rings. The van der Waals surface area contributed by atoms with Crippen LogP contribution in [0, 0.1) is 17.5 Å². The molecule has 2 aromatic rings. The predicted molar refractivity (Wildman–Crippen MR) is 74.5 cm³/mol. The zero-order valence-corrected chi connectivity index (χ0v) is 11.8. The second-order valence-corrected chi connectivity index (χ2v) is 5.43. The van der Waals surface area contributed by atoms with Crippen molar-refractivity contribution in [1.29, 1.82) is 0 Å². The zero-order valence-electron chi connectivity index (χ0n) is 11.8. The van der Waals surface area contributed by atoms with Gasteiger partial charge >= 0.3 is 0 Å². The molecule has 0 atom stereocenters. The third-order valence-corrected chi connectivity index (χ3v) is 3.66. The Kier molecular flexibility index (Phi) is 4.16. The molecule has 0 aliphatic heterocycles. The minimum Gasteiger partial charge on any atom is -0.298 e. The maximum atomic E-state index is 13.6. The molecule has 21 heavy (non-hydrogen) atoms. The lowest BCUT2D eigenvalue weighted by atomic mass is 9.78. The minimum atomic E-state index is -0.956. The second kappa shape index (κ2) is 5.72. The van der Waals surface area contributed by atoms with Crippen LogP contribution in [0.5, 0.6) is 0 Å². The third kappa shape index (κ3) is 3.15. The average molecular weight is 292 g/mol. The van der Waals surface area contributed by atoms with Crippen LogP contribution in [0.1, 0.15) is 25.0 Å². The summed E-state index contributed by atoms with van der Waals surface area (Å²) in [4.78, 5) is 12.4. The van der Waals surface area contributed by atoms with Crippen LogP contribution in [0.25, 0.3) is 0 Å². The molecule has 110 valence electrons. The Hall–Kier alpha value is -2.10. The number of hydrogen-bond acceptors (Lipinski definition) is 1. The van der Waals surface area contributed by atoms with Crippen LogP contribution in [0.4, 0.5) is 13.2 Å². The fraction of sp³-hybridized carbons (Fsp3) is 0.235. The van der Waals surface area contributed by atoms with Crippen molar-refractivity contribution in [1.82, 2.24) is 0 Å². The van der Waals surface area contributed by atoms with Crippen LogP contribution in [0.15, 0.2) is 42.5 Å². The Morgan fingerprint density at radius 1 is 0.952 bits per heavy atom. The molecule has 0 heterocycles. The van der Waals surface area contributed by atoms with Gasteiger partial charge in [0.1, 0.15) is 23.2 Å². The highest BCUT2D eigenvalue weighted by atomic mass is 19.1. The molecule has 2 rings (SSSR count). The summed E-state index contributed by atoms with van der Waals surface area (Å²) in [6.07, 6.45) is -0.344. The van der Waals surface area contributed by atoms with Crippen LogP contribution < -0.4 is 0 Å². The minimum absolute atomic E-state index is 0.238. The van der Waals surface area contributed by atoms with E-state index in [1.54, 1.807) is 13.8 Å². The smallest absolute Gasteiger partial charge is 0.147 e. The first-order valence-corrected chi connectivity index (χ1v) is 6.54. The van der Waals surface area contributed by atoms with E-state index in [2.05, 4.69) is 0 Å². The summed E-state index contributed by atoms with van der Waals surface area (Å²) in [5.74, 6) is -2.21. The average Bonchev–Trinajstić information content (AvgIpc) is 2.43. The number of ketones is 1. The zero-order chi connectivity index (χ0) is 15.6. The molecular weight excluding hydrogens is 277 g/mol. The lowest BCUT2D eigenvalue weighted by Gasteiger charge is -2.24. The number of rotatable bonds is 4. The van der Waals surface area contributed by atoms with Gasteiger partial charge in [-0.25, -0.2) is 13.2 Å². The first-order chi connectivity index (χ1) is 9.82. The van der Waals surface area contributed by atoms with Gasteiger partial charge in [-0.15, -0.1) is 0 Å². The highest BCUT2D eigenvalue weighted by Gasteiger charge is 2.30. The molecule has 0 aliphatic carbocycles. The largest absolute Gasteiger partial charge is 0.298 e. The van der Waals surface area contributed by atoms with Crippen LogP contribution in [-0.4, -0.2) is 5.78 Å². The third-order valence-electron chi connectivity index (χ3n) is 3.66. The van der Waals surface area contributed by atoms with Gasteiger partial charge in [0.2, 0.25) is 0 Å². The highest BCUT2D eigenvalue weighted by molar-refractivity contribution is 5.91. The van der Waals surface area contributed by atoms with E-state index in [4.69, 9.17) is 0 Å². The first-order valence-electron chi connectivity index (χ1n) is 6.54. The van der Waals surface area contributed by atoms with Gasteiger partial charge in [0.05, 0.1) is 0 Å². The normalized spacial score (nSPS) is 11.5.